The fraction of sp³-hybridized carbons (Fsp3) is 0.667. The molecule has 0 aromatic carbocycles. The van der Waals surface area contributed by atoms with Crippen LogP contribution >= 0.6 is 11.3 Å². The lowest BCUT2D eigenvalue weighted by molar-refractivity contribution is -0.119. The molecule has 0 aliphatic heterocycles. The second-order valence-electron chi connectivity index (χ2n) is 5.65. The number of hydrogen-bond acceptors (Lipinski definition) is 3. The van der Waals surface area contributed by atoms with Gasteiger partial charge in [0.25, 0.3) is 0 Å². The lowest BCUT2D eigenvalue weighted by Gasteiger charge is -2.37. The van der Waals surface area contributed by atoms with Crippen LogP contribution in [-0.2, 0) is 4.79 Å². The molecular weight excluding hydrogens is 242 g/mol. The largest absolute Gasteiger partial charge is 0.303 e. The zero-order chi connectivity index (χ0) is 13.0. The summed E-state index contributed by atoms with van der Waals surface area (Å²) in [4.78, 5) is 15.2. The number of hydrogen-bond donors (Lipinski definition) is 0. The van der Waals surface area contributed by atoms with Gasteiger partial charge < -0.3 is 4.79 Å². The van der Waals surface area contributed by atoms with Crippen LogP contribution in [0.5, 0.6) is 0 Å². The fourth-order valence-electron chi connectivity index (χ4n) is 2.95. The molecule has 0 radical (unpaired) electrons. The van der Waals surface area contributed by atoms with Gasteiger partial charge in [-0.15, -0.1) is 11.3 Å². The molecule has 100 valence electrons. The van der Waals surface area contributed by atoms with Crippen LogP contribution in [0.25, 0.3) is 0 Å². The Bertz CT molecular complexity index is 368. The van der Waals surface area contributed by atoms with E-state index in [4.69, 9.17) is 0 Å². The standard InChI is InChI=1S/C15H23NOS/c1-13(14-7-6-10-18-14)16(2)11-15(12-17)8-4-3-5-9-15/h6-7,10,12-13H,3-5,8-9,11H2,1-2H3. The van der Waals surface area contributed by atoms with Crippen LogP contribution in [-0.4, -0.2) is 24.8 Å². The maximum absolute atomic E-state index is 11.5. The van der Waals surface area contributed by atoms with Gasteiger partial charge in [0, 0.05) is 22.9 Å². The van der Waals surface area contributed by atoms with Gasteiger partial charge in [0.1, 0.15) is 6.29 Å². The molecule has 1 aromatic heterocycles. The lowest BCUT2D eigenvalue weighted by Crippen LogP contribution is -2.39. The highest BCUT2D eigenvalue weighted by Gasteiger charge is 2.34. The van der Waals surface area contributed by atoms with Gasteiger partial charge in [-0.05, 0) is 38.3 Å². The van der Waals surface area contributed by atoms with Crippen LogP contribution in [0.4, 0.5) is 0 Å². The van der Waals surface area contributed by atoms with Crippen molar-refractivity contribution in [1.29, 1.82) is 0 Å². The molecule has 1 heterocycles. The van der Waals surface area contributed by atoms with E-state index in [-0.39, 0.29) is 5.41 Å². The van der Waals surface area contributed by atoms with E-state index in [2.05, 4.69) is 36.4 Å². The first-order valence-corrected chi connectivity index (χ1v) is 7.75. The number of aldehydes is 1. The first-order chi connectivity index (χ1) is 8.67. The van der Waals surface area contributed by atoms with Gasteiger partial charge >= 0.3 is 0 Å². The summed E-state index contributed by atoms with van der Waals surface area (Å²) in [5.74, 6) is 0. The first-order valence-electron chi connectivity index (χ1n) is 6.87. The zero-order valence-corrected chi connectivity index (χ0v) is 12.2. The average Bonchev–Trinajstić information content (AvgIpc) is 2.92. The number of rotatable bonds is 5. The van der Waals surface area contributed by atoms with Gasteiger partial charge in [0.05, 0.1) is 0 Å². The highest BCUT2D eigenvalue weighted by molar-refractivity contribution is 7.10. The third-order valence-corrected chi connectivity index (χ3v) is 5.32. The first kappa shape index (κ1) is 13.8. The maximum Gasteiger partial charge on any atom is 0.127 e. The second-order valence-corrected chi connectivity index (χ2v) is 6.63. The van der Waals surface area contributed by atoms with Crippen molar-refractivity contribution in [3.63, 3.8) is 0 Å². The van der Waals surface area contributed by atoms with Gasteiger partial charge in [-0.25, -0.2) is 0 Å². The number of thiophene rings is 1. The van der Waals surface area contributed by atoms with E-state index >= 15 is 0 Å². The Balaban J connectivity index is 2.00. The molecule has 0 saturated heterocycles. The van der Waals surface area contributed by atoms with Crippen molar-refractivity contribution in [3.8, 4) is 0 Å². The van der Waals surface area contributed by atoms with E-state index < -0.39 is 0 Å². The Morgan fingerprint density at radius 3 is 2.72 bits per heavy atom. The van der Waals surface area contributed by atoms with Crippen LogP contribution in [0.1, 0.15) is 49.9 Å². The Hall–Kier alpha value is -0.670. The van der Waals surface area contributed by atoms with Crippen molar-refractivity contribution in [1.82, 2.24) is 4.90 Å². The Morgan fingerprint density at radius 1 is 1.44 bits per heavy atom. The SMILES string of the molecule is CC(c1cccs1)N(C)CC1(C=O)CCCCC1. The molecule has 0 amide bonds. The molecule has 0 N–H and O–H groups in total. The summed E-state index contributed by atoms with van der Waals surface area (Å²) < 4.78 is 0. The minimum absolute atomic E-state index is 0.0848. The third kappa shape index (κ3) is 3.01. The monoisotopic (exact) mass is 265 g/mol. The molecule has 18 heavy (non-hydrogen) atoms. The zero-order valence-electron chi connectivity index (χ0n) is 11.4. The topological polar surface area (TPSA) is 20.3 Å². The lowest BCUT2D eigenvalue weighted by atomic mass is 9.75. The summed E-state index contributed by atoms with van der Waals surface area (Å²) in [5, 5.41) is 2.12. The molecule has 1 unspecified atom stereocenters. The summed E-state index contributed by atoms with van der Waals surface area (Å²) in [5.41, 5.74) is -0.0848. The van der Waals surface area contributed by atoms with E-state index in [0.29, 0.717) is 6.04 Å². The Labute approximate surface area is 114 Å². The van der Waals surface area contributed by atoms with Crippen molar-refractivity contribution in [2.24, 2.45) is 5.41 Å². The Morgan fingerprint density at radius 2 is 2.17 bits per heavy atom. The van der Waals surface area contributed by atoms with Crippen molar-refractivity contribution in [2.45, 2.75) is 45.1 Å². The minimum atomic E-state index is -0.0848. The number of carbonyl (C=O) groups excluding carboxylic acids is 1. The molecule has 3 heteroatoms. The maximum atomic E-state index is 11.5. The molecule has 1 aliphatic carbocycles. The molecule has 1 saturated carbocycles. The normalized spacial score (nSPS) is 20.8. The summed E-state index contributed by atoms with van der Waals surface area (Å²) in [6.07, 6.45) is 7.07. The summed E-state index contributed by atoms with van der Waals surface area (Å²) in [6.45, 7) is 3.13. The van der Waals surface area contributed by atoms with Gasteiger partial charge in [0.2, 0.25) is 0 Å². The van der Waals surface area contributed by atoms with Gasteiger partial charge in [0.15, 0.2) is 0 Å². The number of carbonyl (C=O) groups is 1. The van der Waals surface area contributed by atoms with Crippen LogP contribution in [0.2, 0.25) is 0 Å². The van der Waals surface area contributed by atoms with Crippen molar-refractivity contribution in [3.05, 3.63) is 22.4 Å². The summed E-state index contributed by atoms with van der Waals surface area (Å²) >= 11 is 1.80. The van der Waals surface area contributed by atoms with E-state index in [1.165, 1.54) is 30.4 Å². The molecule has 1 fully saturated rings. The quantitative estimate of drug-likeness (QED) is 0.753. The van der Waals surface area contributed by atoms with Crippen molar-refractivity contribution in [2.75, 3.05) is 13.6 Å². The van der Waals surface area contributed by atoms with Crippen LogP contribution in [0.3, 0.4) is 0 Å². The van der Waals surface area contributed by atoms with E-state index in [9.17, 15) is 4.79 Å². The Kier molecular flexibility index (Phi) is 4.57. The van der Waals surface area contributed by atoms with Crippen molar-refractivity contribution >= 4 is 17.6 Å². The van der Waals surface area contributed by atoms with Crippen molar-refractivity contribution < 1.29 is 4.79 Å². The smallest absolute Gasteiger partial charge is 0.127 e. The summed E-state index contributed by atoms with van der Waals surface area (Å²) in [7, 11) is 2.14. The second kappa shape index (κ2) is 5.98. The summed E-state index contributed by atoms with van der Waals surface area (Å²) in [6, 6.07) is 4.68. The molecule has 2 rings (SSSR count). The van der Waals surface area contributed by atoms with Crippen LogP contribution < -0.4 is 0 Å². The van der Waals surface area contributed by atoms with E-state index in [1.807, 2.05) is 0 Å². The minimum Gasteiger partial charge on any atom is -0.303 e. The van der Waals surface area contributed by atoms with Crippen LogP contribution in [0.15, 0.2) is 17.5 Å². The molecule has 0 spiro atoms. The molecule has 1 aromatic rings. The highest BCUT2D eigenvalue weighted by atomic mass is 32.1. The number of nitrogens with zero attached hydrogens (tertiary/aromatic N) is 1. The third-order valence-electron chi connectivity index (χ3n) is 4.28. The predicted molar refractivity (Wildman–Crippen MR) is 76.9 cm³/mol. The van der Waals surface area contributed by atoms with E-state index in [1.54, 1.807) is 11.3 Å². The average molecular weight is 265 g/mol. The van der Waals surface area contributed by atoms with Gasteiger partial charge in [-0.2, -0.15) is 0 Å². The highest BCUT2D eigenvalue weighted by Crippen LogP contribution is 2.36. The molecule has 1 aliphatic rings. The van der Waals surface area contributed by atoms with E-state index in [0.717, 1.165) is 19.4 Å². The predicted octanol–water partition coefficient (Wildman–Crippen LogP) is 3.89. The molecule has 0 bridgehead atoms. The fourth-order valence-corrected chi connectivity index (χ4v) is 3.80. The molecular formula is C15H23NOS. The molecule has 2 nitrogen and oxygen atoms in total. The van der Waals surface area contributed by atoms with Gasteiger partial charge in [-0.3, -0.25) is 4.90 Å². The van der Waals surface area contributed by atoms with Gasteiger partial charge in [-0.1, -0.05) is 25.3 Å². The molecule has 1 atom stereocenters. The van der Waals surface area contributed by atoms with Crippen LogP contribution in [0, 0.1) is 5.41 Å².